The molecule has 3 saturated heterocycles. The van der Waals surface area contributed by atoms with Crippen molar-refractivity contribution in [3.8, 4) is 0 Å². The Balaban J connectivity index is 1.97. The summed E-state index contributed by atoms with van der Waals surface area (Å²) in [6.07, 6.45) is 1.37. The van der Waals surface area contributed by atoms with Gasteiger partial charge in [-0.05, 0) is 33.1 Å². The molecule has 22 heavy (non-hydrogen) atoms. The van der Waals surface area contributed by atoms with E-state index >= 15 is 0 Å². The summed E-state index contributed by atoms with van der Waals surface area (Å²) in [5.41, 5.74) is -1.82. The molecule has 3 aliphatic rings. The van der Waals surface area contributed by atoms with Crippen molar-refractivity contribution in [1.82, 2.24) is 0 Å². The Bertz CT molecular complexity index is 527. The highest BCUT2D eigenvalue weighted by Crippen LogP contribution is 2.62. The van der Waals surface area contributed by atoms with E-state index in [1.54, 1.807) is 13.8 Å². The standard InChI is InChI=1S/C16H24O6/c1-8(2)16(20)10-9-5-6-15(21-9,11(10)12(17)22-16)7-14(3,4)13(18)19/h8-11,20H,5-7H2,1-4H3,(H,18,19)/t9-,10-,11+,15-,16?/m1/s1. The number of hydrogen-bond donors (Lipinski definition) is 2. The summed E-state index contributed by atoms with van der Waals surface area (Å²) >= 11 is 0. The smallest absolute Gasteiger partial charge is 0.315 e. The van der Waals surface area contributed by atoms with E-state index in [4.69, 9.17) is 9.47 Å². The number of ether oxygens (including phenoxy) is 2. The molecule has 0 radical (unpaired) electrons. The lowest BCUT2D eigenvalue weighted by Crippen LogP contribution is -2.48. The molecule has 3 fully saturated rings. The van der Waals surface area contributed by atoms with Gasteiger partial charge in [0.2, 0.25) is 5.79 Å². The quantitative estimate of drug-likeness (QED) is 0.765. The number of carboxylic acids is 1. The van der Waals surface area contributed by atoms with E-state index in [1.165, 1.54) is 0 Å². The molecular weight excluding hydrogens is 288 g/mol. The van der Waals surface area contributed by atoms with E-state index < -0.39 is 40.6 Å². The van der Waals surface area contributed by atoms with Crippen LogP contribution in [-0.4, -0.2) is 39.6 Å². The average Bonchev–Trinajstić information content (AvgIpc) is 2.99. The van der Waals surface area contributed by atoms with E-state index in [2.05, 4.69) is 0 Å². The van der Waals surface area contributed by atoms with Crippen LogP contribution in [0, 0.1) is 23.2 Å². The number of rotatable bonds is 4. The Morgan fingerprint density at radius 2 is 2.09 bits per heavy atom. The van der Waals surface area contributed by atoms with Crippen LogP contribution in [0.5, 0.6) is 0 Å². The zero-order valence-electron chi connectivity index (χ0n) is 13.5. The molecule has 0 spiro atoms. The molecule has 0 aliphatic carbocycles. The largest absolute Gasteiger partial charge is 0.481 e. The number of esters is 1. The van der Waals surface area contributed by atoms with E-state index in [0.717, 1.165) is 6.42 Å². The Labute approximate surface area is 129 Å². The summed E-state index contributed by atoms with van der Waals surface area (Å²) in [7, 11) is 0. The maximum absolute atomic E-state index is 12.4. The molecular formula is C16H24O6. The number of carboxylic acid groups (broad SMARTS) is 1. The van der Waals surface area contributed by atoms with Gasteiger partial charge >= 0.3 is 11.9 Å². The van der Waals surface area contributed by atoms with Crippen molar-refractivity contribution in [1.29, 1.82) is 0 Å². The molecule has 0 aromatic heterocycles. The molecule has 6 nitrogen and oxygen atoms in total. The Morgan fingerprint density at radius 3 is 2.64 bits per heavy atom. The third-order valence-corrected chi connectivity index (χ3v) is 5.71. The summed E-state index contributed by atoms with van der Waals surface area (Å²) in [6, 6.07) is 0. The molecule has 0 amide bonds. The number of fused-ring (bicyclic) bond motifs is 5. The predicted molar refractivity (Wildman–Crippen MR) is 75.7 cm³/mol. The van der Waals surface area contributed by atoms with Gasteiger partial charge in [0.15, 0.2) is 0 Å². The third kappa shape index (κ3) is 1.86. The van der Waals surface area contributed by atoms with Crippen LogP contribution in [0.3, 0.4) is 0 Å². The molecule has 3 aliphatic heterocycles. The zero-order chi connectivity index (χ0) is 16.5. The van der Waals surface area contributed by atoms with Crippen LogP contribution in [0.4, 0.5) is 0 Å². The molecule has 0 aromatic rings. The van der Waals surface area contributed by atoms with Crippen LogP contribution in [0.25, 0.3) is 0 Å². The van der Waals surface area contributed by atoms with Gasteiger partial charge in [-0.25, -0.2) is 0 Å². The minimum absolute atomic E-state index is 0.237. The highest BCUT2D eigenvalue weighted by Gasteiger charge is 2.74. The summed E-state index contributed by atoms with van der Waals surface area (Å²) in [4.78, 5) is 23.9. The first-order valence-electron chi connectivity index (χ1n) is 7.90. The Morgan fingerprint density at radius 1 is 1.45 bits per heavy atom. The summed E-state index contributed by atoms with van der Waals surface area (Å²) < 4.78 is 11.5. The highest BCUT2D eigenvalue weighted by atomic mass is 16.7. The summed E-state index contributed by atoms with van der Waals surface area (Å²) in [5.74, 6) is -4.09. The maximum Gasteiger partial charge on any atom is 0.315 e. The lowest BCUT2D eigenvalue weighted by atomic mass is 9.64. The van der Waals surface area contributed by atoms with Gasteiger partial charge in [0, 0.05) is 5.92 Å². The van der Waals surface area contributed by atoms with Crippen LogP contribution < -0.4 is 0 Å². The molecule has 3 heterocycles. The number of hydrogen-bond acceptors (Lipinski definition) is 5. The highest BCUT2D eigenvalue weighted by molar-refractivity contribution is 5.79. The van der Waals surface area contributed by atoms with Gasteiger partial charge in [0.05, 0.1) is 29.0 Å². The van der Waals surface area contributed by atoms with E-state index in [9.17, 15) is 19.8 Å². The second-order valence-electron chi connectivity index (χ2n) is 7.96. The van der Waals surface area contributed by atoms with E-state index in [-0.39, 0.29) is 18.4 Å². The van der Waals surface area contributed by atoms with Crippen LogP contribution in [0.2, 0.25) is 0 Å². The van der Waals surface area contributed by atoms with Crippen molar-refractivity contribution in [3.63, 3.8) is 0 Å². The van der Waals surface area contributed by atoms with Crippen LogP contribution in [-0.2, 0) is 19.1 Å². The Kier molecular flexibility index (Phi) is 3.18. The average molecular weight is 312 g/mol. The second-order valence-corrected chi connectivity index (χ2v) is 7.96. The van der Waals surface area contributed by atoms with Gasteiger partial charge in [-0.3, -0.25) is 9.59 Å². The molecule has 3 rings (SSSR count). The number of carbonyl (C=O) groups excluding carboxylic acids is 1. The molecule has 0 aromatic carbocycles. The fourth-order valence-electron chi connectivity index (χ4n) is 4.56. The van der Waals surface area contributed by atoms with Crippen molar-refractivity contribution < 1.29 is 29.3 Å². The van der Waals surface area contributed by atoms with Crippen molar-refractivity contribution in [2.75, 3.05) is 0 Å². The first-order chi connectivity index (χ1) is 10.0. The van der Waals surface area contributed by atoms with Gasteiger partial charge in [-0.2, -0.15) is 0 Å². The van der Waals surface area contributed by atoms with E-state index in [1.807, 2.05) is 13.8 Å². The molecule has 2 N–H and O–H groups in total. The SMILES string of the molecule is CC(C)C1(O)OC(=O)[C@@H]2[C@H]1[C@H]1CC[C@]2(CC(C)(C)C(=O)O)O1. The second kappa shape index (κ2) is 4.45. The van der Waals surface area contributed by atoms with Crippen LogP contribution in [0.15, 0.2) is 0 Å². The molecule has 124 valence electrons. The van der Waals surface area contributed by atoms with Crippen molar-refractivity contribution in [2.45, 2.75) is 64.4 Å². The van der Waals surface area contributed by atoms with Crippen LogP contribution >= 0.6 is 0 Å². The number of aliphatic hydroxyl groups is 1. The van der Waals surface area contributed by atoms with Crippen molar-refractivity contribution in [3.05, 3.63) is 0 Å². The van der Waals surface area contributed by atoms with Crippen molar-refractivity contribution in [2.24, 2.45) is 23.2 Å². The van der Waals surface area contributed by atoms with Gasteiger partial charge < -0.3 is 19.7 Å². The normalized spacial score (nSPS) is 43.5. The topological polar surface area (TPSA) is 93.1 Å². The Hall–Kier alpha value is -1.14. The predicted octanol–water partition coefficient (Wildman–Crippen LogP) is 1.55. The van der Waals surface area contributed by atoms with Crippen molar-refractivity contribution >= 4 is 11.9 Å². The molecule has 5 atom stereocenters. The number of carbonyl (C=O) groups is 2. The van der Waals surface area contributed by atoms with Gasteiger partial charge in [0.1, 0.15) is 0 Å². The number of cyclic esters (lactones) is 1. The van der Waals surface area contributed by atoms with Crippen LogP contribution in [0.1, 0.15) is 47.0 Å². The molecule has 2 bridgehead atoms. The minimum atomic E-state index is -1.51. The fraction of sp³-hybridized carbons (Fsp3) is 0.875. The number of aliphatic carboxylic acids is 1. The summed E-state index contributed by atoms with van der Waals surface area (Å²) in [5, 5.41) is 20.2. The zero-order valence-corrected chi connectivity index (χ0v) is 13.5. The first kappa shape index (κ1) is 15.7. The minimum Gasteiger partial charge on any atom is -0.481 e. The third-order valence-electron chi connectivity index (χ3n) is 5.71. The fourth-order valence-corrected chi connectivity index (χ4v) is 4.56. The molecule has 0 saturated carbocycles. The lowest BCUT2D eigenvalue weighted by Gasteiger charge is -2.36. The summed E-state index contributed by atoms with van der Waals surface area (Å²) in [6.45, 7) is 6.91. The first-order valence-corrected chi connectivity index (χ1v) is 7.90. The van der Waals surface area contributed by atoms with Gasteiger partial charge in [-0.15, -0.1) is 0 Å². The van der Waals surface area contributed by atoms with Gasteiger partial charge in [-0.1, -0.05) is 13.8 Å². The molecule has 6 heteroatoms. The lowest BCUT2D eigenvalue weighted by molar-refractivity contribution is -0.232. The maximum atomic E-state index is 12.4. The molecule has 1 unspecified atom stereocenters. The monoisotopic (exact) mass is 312 g/mol. The van der Waals surface area contributed by atoms with Gasteiger partial charge in [0.25, 0.3) is 0 Å². The van der Waals surface area contributed by atoms with E-state index in [0.29, 0.717) is 6.42 Å².